The molecule has 100 valence electrons. The first-order valence-corrected chi connectivity index (χ1v) is 6.89. The molecule has 0 amide bonds. The fourth-order valence-electron chi connectivity index (χ4n) is 1.99. The fraction of sp³-hybridized carbons (Fsp3) is 0.267. The van der Waals surface area contributed by atoms with Gasteiger partial charge in [0.15, 0.2) is 0 Å². The minimum atomic E-state index is 0.213. The first-order valence-electron chi connectivity index (χ1n) is 6.13. The van der Waals surface area contributed by atoms with Crippen molar-refractivity contribution in [2.45, 2.75) is 19.5 Å². The van der Waals surface area contributed by atoms with Crippen molar-refractivity contribution in [3.8, 4) is 0 Å². The van der Waals surface area contributed by atoms with Crippen LogP contribution in [-0.4, -0.2) is 16.9 Å². The van der Waals surface area contributed by atoms with Crippen LogP contribution in [0.1, 0.15) is 24.1 Å². The van der Waals surface area contributed by atoms with Crippen molar-refractivity contribution < 1.29 is 0 Å². The fourth-order valence-corrected chi connectivity index (χ4v) is 2.47. The van der Waals surface area contributed by atoms with Crippen LogP contribution in [0.25, 0.3) is 0 Å². The lowest BCUT2D eigenvalue weighted by Gasteiger charge is -2.26. The summed E-state index contributed by atoms with van der Waals surface area (Å²) in [6.07, 6.45) is 1.70. The molecule has 2 rings (SSSR count). The zero-order valence-electron chi connectivity index (χ0n) is 11.0. The minimum absolute atomic E-state index is 0.213. The molecule has 2 nitrogen and oxygen atoms in total. The van der Waals surface area contributed by atoms with Gasteiger partial charge < -0.3 is 0 Å². The molecule has 0 aliphatic carbocycles. The van der Waals surface area contributed by atoms with Crippen LogP contribution in [0.4, 0.5) is 0 Å². The largest absolute Gasteiger partial charge is 0.295 e. The molecule has 0 aliphatic rings. The Hall–Kier alpha value is -1.09. The number of pyridine rings is 1. The third kappa shape index (κ3) is 3.47. The molecule has 0 spiro atoms. The summed E-state index contributed by atoms with van der Waals surface area (Å²) in [5.74, 6) is 0. The molecule has 19 heavy (non-hydrogen) atoms. The second kappa shape index (κ2) is 6.38. The van der Waals surface area contributed by atoms with Gasteiger partial charge in [0.05, 0.1) is 0 Å². The number of nitrogens with zero attached hydrogens (tertiary/aromatic N) is 2. The molecule has 0 saturated heterocycles. The van der Waals surface area contributed by atoms with Crippen molar-refractivity contribution in [2.24, 2.45) is 0 Å². The Morgan fingerprint density at radius 2 is 1.89 bits per heavy atom. The lowest BCUT2D eigenvalue weighted by Crippen LogP contribution is -2.22. The van der Waals surface area contributed by atoms with E-state index in [1.165, 1.54) is 0 Å². The Morgan fingerprint density at radius 3 is 2.58 bits per heavy atom. The Morgan fingerprint density at radius 1 is 1.16 bits per heavy atom. The zero-order valence-corrected chi connectivity index (χ0v) is 12.5. The molecular weight excluding hydrogens is 279 g/mol. The first-order chi connectivity index (χ1) is 9.09. The lowest BCUT2D eigenvalue weighted by atomic mass is 10.1. The Bertz CT molecular complexity index is 557. The maximum Gasteiger partial charge on any atom is 0.133 e. The van der Waals surface area contributed by atoms with Crippen molar-refractivity contribution in [2.75, 3.05) is 7.05 Å². The molecule has 2 aromatic rings. The predicted octanol–water partition coefficient (Wildman–Crippen LogP) is 4.58. The third-order valence-corrected chi connectivity index (χ3v) is 3.96. The molecule has 0 bridgehead atoms. The molecule has 1 aromatic heterocycles. The van der Waals surface area contributed by atoms with Crippen LogP contribution >= 0.6 is 23.2 Å². The van der Waals surface area contributed by atoms with Crippen molar-refractivity contribution >= 4 is 23.2 Å². The maximum atomic E-state index is 6.23. The molecule has 1 unspecified atom stereocenters. The third-order valence-electron chi connectivity index (χ3n) is 3.27. The first kappa shape index (κ1) is 14.3. The summed E-state index contributed by atoms with van der Waals surface area (Å²) >= 11 is 12.3. The van der Waals surface area contributed by atoms with Gasteiger partial charge in [-0.05, 0) is 31.7 Å². The van der Waals surface area contributed by atoms with E-state index >= 15 is 0 Å². The molecule has 1 atom stereocenters. The van der Waals surface area contributed by atoms with Crippen LogP contribution in [-0.2, 0) is 6.54 Å². The number of halogens is 2. The maximum absolute atomic E-state index is 6.23. The van der Waals surface area contributed by atoms with E-state index < -0.39 is 0 Å². The summed E-state index contributed by atoms with van der Waals surface area (Å²) in [6.45, 7) is 2.87. The van der Waals surface area contributed by atoms with Gasteiger partial charge in [-0.25, -0.2) is 4.98 Å². The Kier molecular flexibility index (Phi) is 4.81. The van der Waals surface area contributed by atoms with Crippen LogP contribution < -0.4 is 0 Å². The highest BCUT2D eigenvalue weighted by molar-refractivity contribution is 6.31. The number of hydrogen-bond donors (Lipinski definition) is 0. The van der Waals surface area contributed by atoms with E-state index in [4.69, 9.17) is 23.2 Å². The van der Waals surface area contributed by atoms with Crippen LogP contribution in [0.3, 0.4) is 0 Å². The molecular formula is C15H16Cl2N2. The molecule has 0 fully saturated rings. The summed E-state index contributed by atoms with van der Waals surface area (Å²) in [6, 6.07) is 12.0. The van der Waals surface area contributed by atoms with Gasteiger partial charge in [0.25, 0.3) is 0 Å². The van der Waals surface area contributed by atoms with E-state index in [9.17, 15) is 0 Å². The van der Waals surface area contributed by atoms with Crippen LogP contribution in [0.2, 0.25) is 10.2 Å². The van der Waals surface area contributed by atoms with Crippen molar-refractivity contribution in [3.05, 3.63) is 63.9 Å². The minimum Gasteiger partial charge on any atom is -0.295 e. The monoisotopic (exact) mass is 294 g/mol. The van der Waals surface area contributed by atoms with E-state index in [1.807, 2.05) is 36.4 Å². The molecule has 1 heterocycles. The average Bonchev–Trinajstić information content (AvgIpc) is 2.41. The second-order valence-electron chi connectivity index (χ2n) is 4.57. The van der Waals surface area contributed by atoms with Gasteiger partial charge in [0.2, 0.25) is 0 Å². The second-order valence-corrected chi connectivity index (χ2v) is 5.33. The summed E-state index contributed by atoms with van der Waals surface area (Å²) in [5.41, 5.74) is 2.14. The number of aromatic nitrogens is 1. The van der Waals surface area contributed by atoms with E-state index in [1.54, 1.807) is 6.20 Å². The summed E-state index contributed by atoms with van der Waals surface area (Å²) < 4.78 is 0. The number of hydrogen-bond acceptors (Lipinski definition) is 2. The van der Waals surface area contributed by atoms with Gasteiger partial charge in [0, 0.05) is 29.4 Å². The molecule has 0 N–H and O–H groups in total. The normalized spacial score (nSPS) is 12.7. The van der Waals surface area contributed by atoms with E-state index in [0.717, 1.165) is 22.7 Å². The van der Waals surface area contributed by atoms with Gasteiger partial charge in [-0.3, -0.25) is 4.90 Å². The molecule has 0 radical (unpaired) electrons. The van der Waals surface area contributed by atoms with Crippen LogP contribution in [0, 0.1) is 0 Å². The van der Waals surface area contributed by atoms with E-state index in [-0.39, 0.29) is 6.04 Å². The zero-order chi connectivity index (χ0) is 13.8. The SMILES string of the molecule is CC(c1ccccc1Cl)N(C)Cc1cccnc1Cl. The molecule has 1 aromatic carbocycles. The topological polar surface area (TPSA) is 16.1 Å². The van der Waals surface area contributed by atoms with Crippen LogP contribution in [0.5, 0.6) is 0 Å². The predicted molar refractivity (Wildman–Crippen MR) is 80.6 cm³/mol. The smallest absolute Gasteiger partial charge is 0.133 e. The number of benzene rings is 1. The highest BCUT2D eigenvalue weighted by Gasteiger charge is 2.15. The van der Waals surface area contributed by atoms with Gasteiger partial charge >= 0.3 is 0 Å². The van der Waals surface area contributed by atoms with E-state index in [0.29, 0.717) is 5.15 Å². The number of rotatable bonds is 4. The summed E-state index contributed by atoms with van der Waals surface area (Å²) in [5, 5.41) is 1.35. The Labute approximate surface area is 124 Å². The summed E-state index contributed by atoms with van der Waals surface area (Å²) in [7, 11) is 2.05. The highest BCUT2D eigenvalue weighted by Crippen LogP contribution is 2.27. The highest BCUT2D eigenvalue weighted by atomic mass is 35.5. The quantitative estimate of drug-likeness (QED) is 0.767. The Balaban J connectivity index is 2.14. The van der Waals surface area contributed by atoms with Gasteiger partial charge in [0.1, 0.15) is 5.15 Å². The molecule has 0 saturated carbocycles. The van der Waals surface area contributed by atoms with Gasteiger partial charge in [-0.2, -0.15) is 0 Å². The standard InChI is InChI=1S/C15H16Cl2N2/c1-11(13-7-3-4-8-14(13)16)19(2)10-12-6-5-9-18-15(12)17/h3-9,11H,10H2,1-2H3. The van der Waals surface area contributed by atoms with Crippen molar-refractivity contribution in [3.63, 3.8) is 0 Å². The lowest BCUT2D eigenvalue weighted by molar-refractivity contribution is 0.253. The summed E-state index contributed by atoms with van der Waals surface area (Å²) in [4.78, 5) is 6.29. The van der Waals surface area contributed by atoms with E-state index in [2.05, 4.69) is 23.9 Å². The molecule has 0 aliphatic heterocycles. The molecule has 4 heteroatoms. The van der Waals surface area contributed by atoms with Gasteiger partial charge in [-0.15, -0.1) is 0 Å². The van der Waals surface area contributed by atoms with Crippen molar-refractivity contribution in [1.82, 2.24) is 9.88 Å². The van der Waals surface area contributed by atoms with Gasteiger partial charge in [-0.1, -0.05) is 47.5 Å². The van der Waals surface area contributed by atoms with Crippen LogP contribution in [0.15, 0.2) is 42.6 Å². The average molecular weight is 295 g/mol. The van der Waals surface area contributed by atoms with Crippen molar-refractivity contribution in [1.29, 1.82) is 0 Å².